The van der Waals surface area contributed by atoms with Crippen molar-refractivity contribution in [3.63, 3.8) is 0 Å². The number of benzene rings is 1. The number of likely N-dealkylation sites (tertiary alicyclic amines) is 1. The lowest BCUT2D eigenvalue weighted by molar-refractivity contribution is -0.144. The van der Waals surface area contributed by atoms with Crippen LogP contribution >= 0.6 is 11.8 Å². The Morgan fingerprint density at radius 1 is 0.786 bits per heavy atom. The maximum Gasteiger partial charge on any atom is 0.246 e. The Bertz CT molecular complexity index is 3390. The first-order valence-corrected chi connectivity index (χ1v) is 36.9. The molecule has 0 saturated carbocycles. The molecule has 2 fully saturated rings. The standard InChI is InChI=1S/C67H103N11O23S2/c1-6-39(2)47-28-44(80)32-71-61(87)42-26-48-46-7-8-55(94-5)49(37-102-24-23-101-22-21-100-20-19-99-18-17-98-16-15-97-14-13-96-12-11-95-10-9-70-31-43(68)34-78-58(86)25-40(3)66(78)91)60(46)76-65(48)103(93)38-51(73-57(85)33-72-62(47)88)63(89)74-50(30-56(69)84)67(92)77-35-45(81)29-52(77)64(90)75-59(53(82)27-42)41(4)54(83)36-79/h7-8,31,39-42,45,47,50-52,54,59,70,76,79,81,83H,6,9-30,32-38,68H2,1-5H3,(H2,69,84)(H,71,87)(H,72,88)(H,73,85)(H,74,89)(H,75,90)/b43-31-/t39-,40?,41-,42+,45+,47-,50-,51?,52-,54-,59-,103?/m0/s1/i5D3. The van der Waals surface area contributed by atoms with Crippen LogP contribution in [0.3, 0.4) is 0 Å². The highest BCUT2D eigenvalue weighted by atomic mass is 32.2. The van der Waals surface area contributed by atoms with E-state index in [2.05, 4.69) is 36.9 Å². The highest BCUT2D eigenvalue weighted by molar-refractivity contribution is 7.98. The number of nitrogens with zero attached hydrogens (tertiary/aromatic N) is 2. The highest BCUT2D eigenvalue weighted by Crippen LogP contribution is 2.37. The van der Waals surface area contributed by atoms with Crippen molar-refractivity contribution in [3.8, 4) is 5.75 Å². The Kier molecular flexibility index (Phi) is 34.0. The van der Waals surface area contributed by atoms with Crippen molar-refractivity contribution in [2.24, 2.45) is 41.1 Å². The summed E-state index contributed by atoms with van der Waals surface area (Å²) in [6, 6.07) is -4.43. The highest BCUT2D eigenvalue weighted by Gasteiger charge is 2.45. The fourth-order valence-corrected chi connectivity index (χ4v) is 14.2. The second-order valence-corrected chi connectivity index (χ2v) is 28.1. The number of ether oxygens (including phenoxy) is 8. The maximum atomic E-state index is 15.4. The zero-order valence-electron chi connectivity index (χ0n) is 61.7. The topological polar surface area (TPSA) is 486 Å². The fourth-order valence-electron chi connectivity index (χ4n) is 11.9. The molecule has 1 aromatic heterocycles. The third kappa shape index (κ3) is 26.4. The predicted molar refractivity (Wildman–Crippen MR) is 372 cm³/mol. The van der Waals surface area contributed by atoms with Crippen LogP contribution in [0.2, 0.25) is 0 Å². The quantitative estimate of drug-likeness (QED) is 0.0233. The van der Waals surface area contributed by atoms with Gasteiger partial charge in [0, 0.05) is 96.8 Å². The minimum absolute atomic E-state index is 0.00380. The number of carbonyl (C=O) groups is 11. The van der Waals surface area contributed by atoms with Crippen LogP contribution < -0.4 is 48.1 Å². The van der Waals surface area contributed by atoms with Gasteiger partial charge in [-0.3, -0.25) is 61.8 Å². The molecule has 12 atom stereocenters. The number of ketones is 2. The average molecular weight is 1500 g/mol. The van der Waals surface area contributed by atoms with Crippen LogP contribution in [0.15, 0.2) is 29.1 Å². The first kappa shape index (κ1) is 79.9. The number of methoxy groups -OCH3 is 1. The average Bonchev–Trinajstić information content (AvgIpc) is 1.60. The van der Waals surface area contributed by atoms with Gasteiger partial charge >= 0.3 is 0 Å². The number of nitrogens with two attached hydrogens (primary N) is 2. The molecule has 9 amide bonds. The third-order valence-electron chi connectivity index (χ3n) is 17.9. The number of aromatic amines is 1. The number of imide groups is 1. The molecule has 576 valence electrons. The van der Waals surface area contributed by atoms with Gasteiger partial charge in [-0.05, 0) is 30.0 Å². The molecule has 4 aliphatic heterocycles. The van der Waals surface area contributed by atoms with E-state index in [0.29, 0.717) is 83.9 Å². The monoisotopic (exact) mass is 1500 g/mol. The van der Waals surface area contributed by atoms with Crippen molar-refractivity contribution in [1.82, 2.24) is 46.7 Å². The summed E-state index contributed by atoms with van der Waals surface area (Å²) in [5, 5.41) is 47.5. The molecular weight excluding hydrogens is 1390 g/mol. The maximum absolute atomic E-state index is 15.4. The van der Waals surface area contributed by atoms with Gasteiger partial charge in [0.2, 0.25) is 53.2 Å². The summed E-state index contributed by atoms with van der Waals surface area (Å²) >= 11 is 1.28. The molecule has 2 saturated heterocycles. The van der Waals surface area contributed by atoms with Gasteiger partial charge in [0.25, 0.3) is 0 Å². The first-order valence-electron chi connectivity index (χ1n) is 36.0. The number of hydrogen-bond acceptors (Lipinski definition) is 26. The van der Waals surface area contributed by atoms with E-state index >= 15 is 9.00 Å². The minimum atomic E-state index is -3.02. The Balaban J connectivity index is 1.10. The number of carbonyl (C=O) groups excluding carboxylic acids is 11. The van der Waals surface area contributed by atoms with Crippen LogP contribution in [-0.2, 0) is 109 Å². The van der Waals surface area contributed by atoms with Gasteiger partial charge in [-0.25, -0.2) is 0 Å². The molecule has 1 aromatic carbocycles. The molecule has 3 unspecified atom stereocenters. The smallest absolute Gasteiger partial charge is 0.246 e. The van der Waals surface area contributed by atoms with Crippen molar-refractivity contribution < 1.29 is 114 Å². The van der Waals surface area contributed by atoms with E-state index in [-0.39, 0.29) is 102 Å². The molecule has 0 spiro atoms. The number of H-pyrrole nitrogens is 1. The summed E-state index contributed by atoms with van der Waals surface area (Å²) < 4.78 is 84.4. The number of rotatable bonds is 37. The minimum Gasteiger partial charge on any atom is -0.496 e. The SMILES string of the molecule is [2H]C([2H])([2H])Oc1ccc2c3c([nH]c2c1CSCCOCCOCCOCCOCCOCCOCCOCCN/C=C(\N)CN1C(=O)CC(C)C1=O)S(=O)CC1NC(=O)CNC(=O)[C@H]([C@@H](C)CC)CC(=O)CNC(=O)[C@@H](CC(=O)[C@H]([C@@H](C)[C@@H](O)CO)NC(=O)[C@@H]2C[C@@H](O)CN2C(=O)[C@H](CC(N)=O)NC1=O)C3. The number of aromatic nitrogens is 1. The Morgan fingerprint density at radius 2 is 1.41 bits per heavy atom. The van der Waals surface area contributed by atoms with Crippen molar-refractivity contribution in [1.29, 1.82) is 0 Å². The fraction of sp³-hybridized carbons (Fsp3) is 0.687. The number of Topliss-reactive ketones (excluding diaryl/α,β-unsaturated/α-hetero) is 2. The van der Waals surface area contributed by atoms with Gasteiger partial charge in [-0.15, -0.1) is 0 Å². The van der Waals surface area contributed by atoms with Gasteiger partial charge in [-0.1, -0.05) is 34.1 Å². The molecule has 0 radical (unpaired) electrons. The Labute approximate surface area is 608 Å². The van der Waals surface area contributed by atoms with Crippen LogP contribution in [0.4, 0.5) is 0 Å². The number of aliphatic hydroxyl groups excluding tert-OH is 3. The van der Waals surface area contributed by atoms with Gasteiger partial charge in [0.05, 0.1) is 177 Å². The van der Waals surface area contributed by atoms with Crippen molar-refractivity contribution in [3.05, 3.63) is 35.2 Å². The number of hydrogen-bond donors (Lipinski definition) is 12. The zero-order chi connectivity index (χ0) is 77.6. The van der Waals surface area contributed by atoms with Crippen molar-refractivity contribution >= 4 is 98.2 Å². The van der Waals surface area contributed by atoms with Crippen LogP contribution in [0.5, 0.6) is 5.75 Å². The molecule has 2 aromatic rings. The lowest BCUT2D eigenvalue weighted by Gasteiger charge is -2.32. The van der Waals surface area contributed by atoms with Crippen molar-refractivity contribution in [2.75, 3.05) is 150 Å². The summed E-state index contributed by atoms with van der Waals surface area (Å²) in [4.78, 5) is 157. The predicted octanol–water partition coefficient (Wildman–Crippen LogP) is -3.30. The molecule has 5 heterocycles. The molecule has 103 heavy (non-hydrogen) atoms. The molecule has 36 heteroatoms. The number of fused-ring (bicyclic) bond motifs is 5. The van der Waals surface area contributed by atoms with Crippen LogP contribution in [0.1, 0.15) is 81.5 Å². The van der Waals surface area contributed by atoms with E-state index in [0.717, 1.165) is 9.80 Å². The molecule has 34 nitrogen and oxygen atoms in total. The molecule has 0 aliphatic carbocycles. The molecular formula is C67H103N11O23S2. The summed E-state index contributed by atoms with van der Waals surface area (Å²) in [5.74, 6) is -14.7. The first-order chi connectivity index (χ1) is 50.5. The van der Waals surface area contributed by atoms with Gasteiger partial charge in [0.15, 0.2) is 11.6 Å². The third-order valence-corrected chi connectivity index (χ3v) is 20.3. The van der Waals surface area contributed by atoms with Crippen molar-refractivity contribution in [2.45, 2.75) is 120 Å². The number of amides is 9. The Morgan fingerprint density at radius 3 is 2.00 bits per heavy atom. The summed E-state index contributed by atoms with van der Waals surface area (Å²) in [5.41, 5.74) is 12.3. The van der Waals surface area contributed by atoms with Gasteiger partial charge in [-0.2, -0.15) is 11.8 Å². The van der Waals surface area contributed by atoms with Crippen LogP contribution in [-0.4, -0.2) is 286 Å². The van der Waals surface area contributed by atoms with Gasteiger partial charge < -0.3 is 106 Å². The van der Waals surface area contributed by atoms with Crippen LogP contribution in [0, 0.1) is 29.6 Å². The largest absolute Gasteiger partial charge is 0.496 e. The second kappa shape index (κ2) is 43.9. The van der Waals surface area contributed by atoms with Crippen LogP contribution in [0.25, 0.3) is 10.9 Å². The molecule has 6 rings (SSSR count). The van der Waals surface area contributed by atoms with E-state index in [1.54, 1.807) is 27.0 Å². The lowest BCUT2D eigenvalue weighted by Crippen LogP contribution is -2.60. The number of thioether (sulfide) groups is 1. The van der Waals surface area contributed by atoms with E-state index in [4.69, 9.17) is 53.5 Å². The Hall–Kier alpha value is -7.23. The molecule has 4 aliphatic rings. The van der Waals surface area contributed by atoms with E-state index in [9.17, 15) is 63.3 Å². The summed E-state index contributed by atoms with van der Waals surface area (Å²) in [7, 11) is -5.56. The summed E-state index contributed by atoms with van der Waals surface area (Å²) in [6.07, 6.45) is -4.05. The van der Waals surface area contributed by atoms with E-state index < -0.39 is 195 Å². The van der Waals surface area contributed by atoms with E-state index in [1.807, 2.05) is 0 Å². The normalized spacial score (nSPS) is 24.6. The molecule has 2 bridgehead atoms. The number of aliphatic hydroxyl groups is 3. The van der Waals surface area contributed by atoms with E-state index in [1.165, 1.54) is 30.8 Å². The zero-order valence-corrected chi connectivity index (χ0v) is 60.3. The number of nitrogens with one attached hydrogen (secondary N) is 7. The summed E-state index contributed by atoms with van der Waals surface area (Å²) in [6.45, 7) is 8.46. The van der Waals surface area contributed by atoms with Gasteiger partial charge in [0.1, 0.15) is 28.9 Å². The molecule has 14 N–H and O–H groups in total. The lowest BCUT2D eigenvalue weighted by atomic mass is 9.85. The number of primary amides is 1. The second-order valence-electron chi connectivity index (χ2n) is 25.5.